The van der Waals surface area contributed by atoms with Crippen LogP contribution in [0.25, 0.3) is 0 Å². The fraction of sp³-hybridized carbons (Fsp3) is 0.250. The van der Waals surface area contributed by atoms with Crippen molar-refractivity contribution in [2.45, 2.75) is 11.2 Å². The van der Waals surface area contributed by atoms with Gasteiger partial charge in [0.2, 0.25) is 0 Å². The number of aliphatic hydroxyl groups is 1. The van der Waals surface area contributed by atoms with E-state index < -0.39 is 32.3 Å². The molecule has 0 radical (unpaired) electrons. The SMILES string of the molecule is Nc1ccc(S(=O)(=O)CC(O)OS(=O)(=O)O)cc1. The van der Waals surface area contributed by atoms with E-state index in [0.717, 1.165) is 0 Å². The predicted octanol–water partition coefficient (Wildman–Crippen LogP) is -0.820. The topological polar surface area (TPSA) is 144 Å². The summed E-state index contributed by atoms with van der Waals surface area (Å²) >= 11 is 0. The molecule has 0 bridgehead atoms. The molecule has 0 aliphatic rings. The smallest absolute Gasteiger partial charge is 0.399 e. The minimum Gasteiger partial charge on any atom is -0.399 e. The van der Waals surface area contributed by atoms with Crippen molar-refractivity contribution in [1.82, 2.24) is 0 Å². The summed E-state index contributed by atoms with van der Waals surface area (Å²) in [6.07, 6.45) is -2.19. The second kappa shape index (κ2) is 5.20. The molecule has 18 heavy (non-hydrogen) atoms. The molecule has 1 unspecified atom stereocenters. The van der Waals surface area contributed by atoms with Gasteiger partial charge >= 0.3 is 10.4 Å². The number of sulfone groups is 1. The third kappa shape index (κ3) is 4.58. The van der Waals surface area contributed by atoms with E-state index in [-0.39, 0.29) is 4.90 Å². The molecule has 102 valence electrons. The number of benzene rings is 1. The van der Waals surface area contributed by atoms with E-state index in [1.807, 2.05) is 0 Å². The number of anilines is 1. The van der Waals surface area contributed by atoms with Crippen LogP contribution in [0.1, 0.15) is 0 Å². The molecule has 0 saturated carbocycles. The van der Waals surface area contributed by atoms with Crippen molar-refractivity contribution in [2.24, 2.45) is 0 Å². The van der Waals surface area contributed by atoms with Crippen LogP contribution in [0.2, 0.25) is 0 Å². The van der Waals surface area contributed by atoms with Crippen molar-refractivity contribution in [3.8, 4) is 0 Å². The van der Waals surface area contributed by atoms with Gasteiger partial charge in [0, 0.05) is 5.69 Å². The van der Waals surface area contributed by atoms with E-state index in [0.29, 0.717) is 5.69 Å². The van der Waals surface area contributed by atoms with Gasteiger partial charge in [0.1, 0.15) is 5.75 Å². The van der Waals surface area contributed by atoms with Gasteiger partial charge in [-0.15, -0.1) is 0 Å². The Kier molecular flexibility index (Phi) is 4.29. The van der Waals surface area contributed by atoms with Crippen LogP contribution in [-0.2, 0) is 24.4 Å². The average molecular weight is 297 g/mol. The Morgan fingerprint density at radius 1 is 1.17 bits per heavy atom. The third-order valence-corrected chi connectivity index (χ3v) is 4.01. The maximum atomic E-state index is 11.7. The van der Waals surface area contributed by atoms with Crippen LogP contribution in [0.4, 0.5) is 5.69 Å². The van der Waals surface area contributed by atoms with Crippen LogP contribution in [0, 0.1) is 0 Å². The van der Waals surface area contributed by atoms with Crippen molar-refractivity contribution in [2.75, 3.05) is 11.5 Å². The van der Waals surface area contributed by atoms with Crippen molar-refractivity contribution in [1.29, 1.82) is 0 Å². The fourth-order valence-corrected chi connectivity index (χ4v) is 2.75. The Hall–Kier alpha value is -1.20. The first-order valence-corrected chi connectivity index (χ1v) is 7.54. The zero-order valence-electron chi connectivity index (χ0n) is 8.92. The lowest BCUT2D eigenvalue weighted by Crippen LogP contribution is -2.26. The largest absolute Gasteiger partial charge is 0.399 e. The summed E-state index contributed by atoms with van der Waals surface area (Å²) in [4.78, 5) is -0.158. The molecule has 1 rings (SSSR count). The van der Waals surface area contributed by atoms with E-state index in [1.54, 1.807) is 0 Å². The molecule has 4 N–H and O–H groups in total. The molecule has 1 atom stereocenters. The number of nitrogen functional groups attached to an aromatic ring is 1. The summed E-state index contributed by atoms with van der Waals surface area (Å²) in [5.41, 5.74) is 5.72. The van der Waals surface area contributed by atoms with Gasteiger partial charge in [-0.1, -0.05) is 0 Å². The first-order valence-electron chi connectivity index (χ1n) is 4.52. The molecule has 1 aromatic carbocycles. The van der Waals surface area contributed by atoms with E-state index in [4.69, 9.17) is 15.4 Å². The molecular weight excluding hydrogens is 286 g/mol. The van der Waals surface area contributed by atoms with Crippen molar-refractivity contribution < 1.29 is 30.7 Å². The first kappa shape index (κ1) is 14.9. The Labute approximate surface area is 104 Å². The summed E-state index contributed by atoms with van der Waals surface area (Å²) in [6.45, 7) is 0. The summed E-state index contributed by atoms with van der Waals surface area (Å²) in [5, 5.41) is 9.07. The highest BCUT2D eigenvalue weighted by molar-refractivity contribution is 7.91. The van der Waals surface area contributed by atoms with Crippen molar-refractivity contribution in [3.63, 3.8) is 0 Å². The molecule has 0 aliphatic carbocycles. The summed E-state index contributed by atoms with van der Waals surface area (Å²) in [5.74, 6) is -1.02. The number of aliphatic hydroxyl groups excluding tert-OH is 1. The highest BCUT2D eigenvalue weighted by atomic mass is 32.3. The van der Waals surface area contributed by atoms with Crippen LogP contribution >= 0.6 is 0 Å². The zero-order valence-corrected chi connectivity index (χ0v) is 10.6. The van der Waals surface area contributed by atoms with Gasteiger partial charge in [0.05, 0.1) is 4.90 Å². The van der Waals surface area contributed by atoms with Crippen LogP contribution < -0.4 is 5.73 Å². The maximum absolute atomic E-state index is 11.7. The summed E-state index contributed by atoms with van der Waals surface area (Å²) < 4.78 is 55.9. The molecule has 0 spiro atoms. The molecule has 0 aromatic heterocycles. The molecule has 1 aromatic rings. The lowest BCUT2D eigenvalue weighted by Gasteiger charge is -2.09. The minimum absolute atomic E-state index is 0.158. The molecule has 0 amide bonds. The van der Waals surface area contributed by atoms with Gasteiger partial charge in [0.25, 0.3) is 0 Å². The van der Waals surface area contributed by atoms with E-state index >= 15 is 0 Å². The van der Waals surface area contributed by atoms with Gasteiger partial charge in [-0.2, -0.15) is 8.42 Å². The van der Waals surface area contributed by atoms with Gasteiger partial charge in [-0.3, -0.25) is 4.55 Å². The summed E-state index contributed by atoms with van der Waals surface area (Å²) in [7, 11) is -8.87. The average Bonchev–Trinajstić information content (AvgIpc) is 2.13. The van der Waals surface area contributed by atoms with Gasteiger partial charge in [0.15, 0.2) is 16.1 Å². The number of hydrogen-bond acceptors (Lipinski definition) is 7. The quantitative estimate of drug-likeness (QED) is 0.363. The second-order valence-electron chi connectivity index (χ2n) is 3.33. The molecule has 10 heteroatoms. The van der Waals surface area contributed by atoms with Gasteiger partial charge < -0.3 is 10.8 Å². The Morgan fingerprint density at radius 3 is 2.11 bits per heavy atom. The number of rotatable bonds is 5. The van der Waals surface area contributed by atoms with Crippen LogP contribution in [0.5, 0.6) is 0 Å². The first-order chi connectivity index (χ1) is 8.10. The Bertz CT molecular complexity index is 605. The molecule has 8 nitrogen and oxygen atoms in total. The number of hydrogen-bond donors (Lipinski definition) is 3. The molecule has 0 heterocycles. The molecule has 0 aliphatic heterocycles. The van der Waals surface area contributed by atoms with Gasteiger partial charge in [-0.25, -0.2) is 12.6 Å². The molecule has 0 fully saturated rings. The van der Waals surface area contributed by atoms with Crippen molar-refractivity contribution >= 4 is 25.9 Å². The molecular formula is C8H11NO7S2. The van der Waals surface area contributed by atoms with Gasteiger partial charge in [-0.05, 0) is 24.3 Å². The predicted molar refractivity (Wildman–Crippen MR) is 61.5 cm³/mol. The van der Waals surface area contributed by atoms with E-state index in [1.165, 1.54) is 24.3 Å². The number of nitrogens with two attached hydrogens (primary N) is 1. The Morgan fingerprint density at radius 2 is 1.67 bits per heavy atom. The monoisotopic (exact) mass is 297 g/mol. The van der Waals surface area contributed by atoms with Crippen LogP contribution in [-0.4, -0.2) is 38.5 Å². The lowest BCUT2D eigenvalue weighted by molar-refractivity contribution is -0.000199. The Balaban J connectivity index is 2.86. The normalized spacial score (nSPS) is 14.3. The zero-order chi connectivity index (χ0) is 14.0. The lowest BCUT2D eigenvalue weighted by atomic mass is 10.3. The third-order valence-electron chi connectivity index (χ3n) is 1.83. The standard InChI is InChI=1S/C8H11NO7S2/c9-6-1-3-7(4-2-6)17(11,12)5-8(10)16-18(13,14)15/h1-4,8,10H,5,9H2,(H,13,14,15). The van der Waals surface area contributed by atoms with Crippen LogP contribution in [0.15, 0.2) is 29.2 Å². The minimum atomic E-state index is -4.92. The van der Waals surface area contributed by atoms with E-state index in [9.17, 15) is 16.8 Å². The second-order valence-corrected chi connectivity index (χ2v) is 6.41. The van der Waals surface area contributed by atoms with Crippen LogP contribution in [0.3, 0.4) is 0 Å². The molecule has 0 saturated heterocycles. The summed E-state index contributed by atoms with van der Waals surface area (Å²) in [6, 6.07) is 5.07. The van der Waals surface area contributed by atoms with Crippen molar-refractivity contribution in [3.05, 3.63) is 24.3 Å². The maximum Gasteiger partial charge on any atom is 0.399 e. The fourth-order valence-electron chi connectivity index (χ4n) is 1.13. The highest BCUT2D eigenvalue weighted by Crippen LogP contribution is 2.15. The highest BCUT2D eigenvalue weighted by Gasteiger charge is 2.23. The van der Waals surface area contributed by atoms with E-state index in [2.05, 4.69) is 4.18 Å².